The standard InChI is InChI=1S/C26H36O18/c1-8(27)15(34)17-18(36)22(38,10(3)29)24(40,12(5)31)21(42-17)44-25(13(6)32)19(16(35)9(2)28)43-20(37)23(39,11(4)30)26(25,41)14(7)33/h15-21,34-41H,1-7H3/t15?,16?,17-,18+,19-,20-,21+,22+,23+,24+,25-,26-/m1/s1. The van der Waals surface area contributed by atoms with E-state index in [0.29, 0.717) is 41.5 Å². The summed E-state index contributed by atoms with van der Waals surface area (Å²) in [7, 11) is 0. The summed E-state index contributed by atoms with van der Waals surface area (Å²) in [6, 6.07) is 0. The number of carbonyl (C=O) groups is 7. The summed E-state index contributed by atoms with van der Waals surface area (Å²) in [5.74, 6) is -11.0. The zero-order chi connectivity index (χ0) is 34.7. The van der Waals surface area contributed by atoms with Crippen LogP contribution in [0.3, 0.4) is 0 Å². The molecule has 0 amide bonds. The predicted molar refractivity (Wildman–Crippen MR) is 136 cm³/mol. The van der Waals surface area contributed by atoms with Crippen molar-refractivity contribution >= 4 is 40.5 Å². The van der Waals surface area contributed by atoms with Crippen LogP contribution in [0.5, 0.6) is 0 Å². The van der Waals surface area contributed by atoms with E-state index in [9.17, 15) is 74.4 Å². The molecule has 44 heavy (non-hydrogen) atoms. The number of ether oxygens (including phenoxy) is 3. The van der Waals surface area contributed by atoms with Gasteiger partial charge in [0.15, 0.2) is 64.3 Å². The second kappa shape index (κ2) is 11.9. The Morgan fingerprint density at radius 2 is 1.05 bits per heavy atom. The molecule has 8 N–H and O–H groups in total. The Morgan fingerprint density at radius 3 is 1.39 bits per heavy atom. The minimum Gasteiger partial charge on any atom is -0.387 e. The molecule has 18 heteroatoms. The van der Waals surface area contributed by atoms with Gasteiger partial charge < -0.3 is 55.1 Å². The Hall–Kier alpha value is -2.75. The fourth-order valence-corrected chi connectivity index (χ4v) is 5.79. The Bertz CT molecular complexity index is 1280. The van der Waals surface area contributed by atoms with Gasteiger partial charge in [-0.05, 0) is 48.5 Å². The number of hydrogen-bond acceptors (Lipinski definition) is 18. The Kier molecular flexibility index (Phi) is 10.1. The maximum Gasteiger partial charge on any atom is 0.213 e. The molecule has 18 nitrogen and oxygen atoms in total. The van der Waals surface area contributed by atoms with Crippen molar-refractivity contribution in [3.05, 3.63) is 0 Å². The fraction of sp³-hybridized carbons (Fsp3) is 0.731. The summed E-state index contributed by atoms with van der Waals surface area (Å²) >= 11 is 0. The van der Waals surface area contributed by atoms with E-state index >= 15 is 0 Å². The molecule has 2 rings (SSSR count). The number of aliphatic hydroxyl groups is 8. The van der Waals surface area contributed by atoms with Crippen LogP contribution < -0.4 is 0 Å². The molecular weight excluding hydrogens is 600 g/mol. The summed E-state index contributed by atoms with van der Waals surface area (Å²) in [6.07, 6.45) is -19.4. The fourth-order valence-electron chi connectivity index (χ4n) is 5.79. The molecule has 0 radical (unpaired) electrons. The van der Waals surface area contributed by atoms with Gasteiger partial charge in [-0.1, -0.05) is 0 Å². The van der Waals surface area contributed by atoms with Gasteiger partial charge in [-0.2, -0.15) is 0 Å². The van der Waals surface area contributed by atoms with E-state index in [1.165, 1.54) is 0 Å². The van der Waals surface area contributed by atoms with Crippen LogP contribution in [-0.2, 0) is 47.8 Å². The molecule has 2 fully saturated rings. The maximum atomic E-state index is 13.6. The lowest BCUT2D eigenvalue weighted by Gasteiger charge is -2.61. The van der Waals surface area contributed by atoms with Gasteiger partial charge in [-0.3, -0.25) is 33.6 Å². The van der Waals surface area contributed by atoms with Crippen molar-refractivity contribution in [2.75, 3.05) is 0 Å². The van der Waals surface area contributed by atoms with Crippen molar-refractivity contribution in [3.63, 3.8) is 0 Å². The Balaban J connectivity index is 3.19. The summed E-state index contributed by atoms with van der Waals surface area (Å²) in [4.78, 5) is 89.6. The molecule has 0 aromatic carbocycles. The quantitative estimate of drug-likeness (QED) is 0.105. The van der Waals surface area contributed by atoms with Gasteiger partial charge in [0.1, 0.15) is 30.5 Å². The van der Waals surface area contributed by atoms with Gasteiger partial charge in [0.25, 0.3) is 0 Å². The lowest BCUT2D eigenvalue weighted by Crippen LogP contribution is -2.89. The van der Waals surface area contributed by atoms with Crippen molar-refractivity contribution < 1.29 is 88.6 Å². The average molecular weight is 637 g/mol. The van der Waals surface area contributed by atoms with Crippen molar-refractivity contribution in [2.24, 2.45) is 0 Å². The third kappa shape index (κ3) is 4.64. The molecule has 0 aliphatic carbocycles. The molecule has 0 bridgehead atoms. The highest BCUT2D eigenvalue weighted by atomic mass is 16.7. The molecule has 2 heterocycles. The number of carbonyl (C=O) groups excluding carboxylic acids is 7. The number of rotatable bonds is 11. The molecule has 2 aliphatic heterocycles. The first-order valence-electron chi connectivity index (χ1n) is 13.0. The van der Waals surface area contributed by atoms with E-state index in [-0.39, 0.29) is 0 Å². The molecule has 0 aromatic rings. The van der Waals surface area contributed by atoms with Crippen molar-refractivity contribution in [3.8, 4) is 0 Å². The first-order chi connectivity index (χ1) is 19.8. The second-order valence-electron chi connectivity index (χ2n) is 11.0. The van der Waals surface area contributed by atoms with E-state index in [4.69, 9.17) is 14.2 Å². The maximum absolute atomic E-state index is 13.6. The van der Waals surface area contributed by atoms with Gasteiger partial charge in [0.05, 0.1) is 0 Å². The highest BCUT2D eigenvalue weighted by Gasteiger charge is 2.82. The minimum absolute atomic E-state index is 0.459. The number of Topliss-reactive ketones (excluding diaryl/α,β-unsaturated/α-hetero) is 7. The highest BCUT2D eigenvalue weighted by Crippen LogP contribution is 2.52. The van der Waals surface area contributed by atoms with Gasteiger partial charge >= 0.3 is 0 Å². The van der Waals surface area contributed by atoms with Gasteiger partial charge in [-0.15, -0.1) is 0 Å². The second-order valence-corrected chi connectivity index (χ2v) is 11.0. The lowest BCUT2D eigenvalue weighted by atomic mass is 9.59. The van der Waals surface area contributed by atoms with Crippen LogP contribution in [0, 0.1) is 0 Å². The van der Waals surface area contributed by atoms with Crippen LogP contribution in [0.15, 0.2) is 0 Å². The Labute approximate surface area is 249 Å². The number of hydrogen-bond donors (Lipinski definition) is 8. The third-order valence-electron chi connectivity index (χ3n) is 8.43. The van der Waals surface area contributed by atoms with Gasteiger partial charge in [0.2, 0.25) is 16.8 Å². The van der Waals surface area contributed by atoms with Crippen LogP contribution in [0.4, 0.5) is 0 Å². The van der Waals surface area contributed by atoms with Crippen molar-refractivity contribution in [1.82, 2.24) is 0 Å². The highest BCUT2D eigenvalue weighted by molar-refractivity contribution is 6.06. The van der Waals surface area contributed by atoms with Crippen LogP contribution in [-0.4, -0.2) is 152 Å². The van der Waals surface area contributed by atoms with E-state index in [1.54, 1.807) is 0 Å². The largest absolute Gasteiger partial charge is 0.387 e. The molecule has 0 saturated carbocycles. The monoisotopic (exact) mass is 636 g/mol. The molecule has 248 valence electrons. The number of aliphatic hydroxyl groups excluding tert-OH is 4. The van der Waals surface area contributed by atoms with Crippen LogP contribution in [0.2, 0.25) is 0 Å². The summed E-state index contributed by atoms with van der Waals surface area (Å²) in [6.45, 7) is 3.95. The topological polar surface area (TPSA) is 309 Å². The van der Waals surface area contributed by atoms with E-state index in [0.717, 1.165) is 6.92 Å². The van der Waals surface area contributed by atoms with E-state index in [1.807, 2.05) is 0 Å². The summed E-state index contributed by atoms with van der Waals surface area (Å²) in [5.41, 5.74) is -19.5. The van der Waals surface area contributed by atoms with E-state index in [2.05, 4.69) is 0 Å². The zero-order valence-electron chi connectivity index (χ0n) is 24.7. The molecule has 2 saturated heterocycles. The van der Waals surface area contributed by atoms with E-state index < -0.39 is 112 Å². The normalized spacial score (nSPS) is 42.1. The lowest BCUT2D eigenvalue weighted by molar-refractivity contribution is -0.421. The molecule has 2 unspecified atom stereocenters. The third-order valence-corrected chi connectivity index (χ3v) is 8.43. The predicted octanol–water partition coefficient (Wildman–Crippen LogP) is -5.69. The number of ketones is 7. The SMILES string of the molecule is CC(=O)C(O)[C@H]1O[C@@H](O[C@]2(C(C)=O)[C@@H](C(O)C(C)=O)O[C@@H](O)[C@@](O)(C(C)=O)[C@]2(O)C(C)=O)[C@@](O)(C(C)=O)[C@](O)(C(C)=O)[C@H]1O. The van der Waals surface area contributed by atoms with Crippen LogP contribution in [0.25, 0.3) is 0 Å². The molecular formula is C26H36O18. The molecule has 12 atom stereocenters. The first kappa shape index (κ1) is 37.4. The molecule has 0 aromatic heterocycles. The minimum atomic E-state index is -4.11. The molecule has 0 spiro atoms. The van der Waals surface area contributed by atoms with Crippen LogP contribution >= 0.6 is 0 Å². The average Bonchev–Trinajstić information content (AvgIpc) is 2.91. The Morgan fingerprint density at radius 1 is 0.614 bits per heavy atom. The summed E-state index contributed by atoms with van der Waals surface area (Å²) < 4.78 is 15.9. The van der Waals surface area contributed by atoms with Gasteiger partial charge in [0, 0.05) is 0 Å². The summed E-state index contributed by atoms with van der Waals surface area (Å²) in [5, 5.41) is 89.1. The van der Waals surface area contributed by atoms with Crippen molar-refractivity contribution in [1.29, 1.82) is 0 Å². The first-order valence-corrected chi connectivity index (χ1v) is 13.0. The van der Waals surface area contributed by atoms with Crippen LogP contribution in [0.1, 0.15) is 48.5 Å². The molecule has 2 aliphatic rings. The van der Waals surface area contributed by atoms with Crippen molar-refractivity contribution in [2.45, 2.75) is 120 Å². The smallest absolute Gasteiger partial charge is 0.213 e. The van der Waals surface area contributed by atoms with Gasteiger partial charge in [-0.25, -0.2) is 0 Å². The zero-order valence-corrected chi connectivity index (χ0v) is 24.7.